The van der Waals surface area contributed by atoms with Crippen LogP contribution in [-0.4, -0.2) is 50.5 Å². The van der Waals surface area contributed by atoms with Crippen LogP contribution in [-0.2, 0) is 30.3 Å². The lowest BCUT2D eigenvalue weighted by Crippen LogP contribution is -2.74. The van der Waals surface area contributed by atoms with Crippen molar-refractivity contribution in [1.82, 2.24) is 10.2 Å². The van der Waals surface area contributed by atoms with Crippen molar-refractivity contribution in [2.24, 2.45) is 0 Å². The molecule has 2 heterocycles. The summed E-state index contributed by atoms with van der Waals surface area (Å²) in [5, 5.41) is 1.64. The molecule has 0 aromatic rings. The maximum Gasteiger partial charge on any atom is 0.355 e. The third-order valence-electron chi connectivity index (χ3n) is 3.16. The molecular weight excluding hydrogens is 296 g/mol. The molecule has 2 aliphatic rings. The molecule has 0 aromatic carbocycles. The second kappa shape index (κ2) is 5.34. The van der Waals surface area contributed by atoms with Gasteiger partial charge in [0.05, 0.1) is 0 Å². The van der Waals surface area contributed by atoms with Crippen molar-refractivity contribution < 1.29 is 23.7 Å². The zero-order valence-electron chi connectivity index (χ0n) is 12.3. The zero-order chi connectivity index (χ0) is 15.9. The molecule has 8 heteroatoms. The fourth-order valence-electron chi connectivity index (χ4n) is 2.37. The number of hydrogen-bond donors (Lipinski definition) is 1. The number of carbonyl (C=O) groups excluding carboxylic acids is 3. The maximum absolute atomic E-state index is 12.3. The van der Waals surface area contributed by atoms with E-state index in [2.05, 4.69) is 5.32 Å². The standard InChI is InChI=1S/C13H18N2O5S/c1-7-5-21(19)11-8(14-6-16)10(17)15(11)9(7)12(18)20-13(2,3)4/h6,8,11H,5H2,1-4H3,(H,14,16)/t8?,11-,21?/m1/s1. The summed E-state index contributed by atoms with van der Waals surface area (Å²) in [5.74, 6) is -0.875. The van der Waals surface area contributed by atoms with E-state index in [1.165, 1.54) is 4.90 Å². The molecule has 0 radical (unpaired) electrons. The van der Waals surface area contributed by atoms with Crippen molar-refractivity contribution in [1.29, 1.82) is 0 Å². The number of ether oxygens (including phenoxy) is 1. The first-order valence-corrected chi connectivity index (χ1v) is 7.88. The van der Waals surface area contributed by atoms with Gasteiger partial charge in [0.1, 0.15) is 17.1 Å². The highest BCUT2D eigenvalue weighted by molar-refractivity contribution is 7.92. The van der Waals surface area contributed by atoms with Crippen molar-refractivity contribution in [3.05, 3.63) is 11.3 Å². The van der Waals surface area contributed by atoms with E-state index in [0.29, 0.717) is 12.0 Å². The summed E-state index contributed by atoms with van der Waals surface area (Å²) in [7, 11) is 0. The van der Waals surface area contributed by atoms with Gasteiger partial charge in [-0.3, -0.25) is 14.5 Å². The highest BCUT2D eigenvalue weighted by atomic mass is 32.2. The van der Waals surface area contributed by atoms with Crippen LogP contribution in [0.4, 0.5) is 0 Å². The second-order valence-corrected chi connectivity index (χ2v) is 7.55. The fraction of sp³-hybridized carbons (Fsp3) is 0.615. The first kappa shape index (κ1) is 15.8. The Labute approximate surface area is 125 Å². The van der Waals surface area contributed by atoms with Gasteiger partial charge in [-0.05, 0) is 38.9 Å². The van der Waals surface area contributed by atoms with Gasteiger partial charge >= 0.3 is 5.97 Å². The number of hydrogen-bond acceptors (Lipinski definition) is 5. The monoisotopic (exact) mass is 314 g/mol. The van der Waals surface area contributed by atoms with E-state index in [-0.39, 0.29) is 11.4 Å². The number of carbonyl (C=O) groups is 3. The van der Waals surface area contributed by atoms with Crippen LogP contribution in [0.15, 0.2) is 11.3 Å². The fourth-order valence-corrected chi connectivity index (χ4v) is 4.05. The van der Waals surface area contributed by atoms with Gasteiger partial charge < -0.3 is 14.6 Å². The summed E-state index contributed by atoms with van der Waals surface area (Å²) in [5.41, 5.74) is 0.00498. The number of amides is 2. The molecule has 21 heavy (non-hydrogen) atoms. The predicted octanol–water partition coefficient (Wildman–Crippen LogP) is -0.353. The molecule has 0 bridgehead atoms. The van der Waals surface area contributed by atoms with Gasteiger partial charge in [-0.1, -0.05) is 0 Å². The molecule has 0 aliphatic carbocycles. The number of fused-ring (bicyclic) bond motifs is 1. The maximum atomic E-state index is 12.3. The summed E-state index contributed by atoms with van der Waals surface area (Å²) in [4.78, 5) is 36.1. The van der Waals surface area contributed by atoms with E-state index in [9.17, 15) is 18.9 Å². The number of rotatable bonds is 3. The Morgan fingerprint density at radius 1 is 1.52 bits per heavy atom. The Bertz CT molecular complexity index is 525. The highest BCUT2D eigenvalue weighted by Crippen LogP contribution is 2.37. The normalized spacial score (nSPS) is 28.7. The zero-order valence-corrected chi connectivity index (χ0v) is 13.2. The van der Waals surface area contributed by atoms with Crippen LogP contribution in [0.3, 0.4) is 0 Å². The molecule has 1 fully saturated rings. The Morgan fingerprint density at radius 2 is 2.14 bits per heavy atom. The van der Waals surface area contributed by atoms with E-state index in [1.54, 1.807) is 27.7 Å². The molecule has 1 N–H and O–H groups in total. The Kier molecular flexibility index (Phi) is 4.03. The summed E-state index contributed by atoms with van der Waals surface area (Å²) in [6.45, 7) is 6.84. The van der Waals surface area contributed by atoms with Crippen LogP contribution >= 0.6 is 0 Å². The molecule has 0 saturated carbocycles. The van der Waals surface area contributed by atoms with E-state index in [4.69, 9.17) is 4.74 Å². The molecule has 3 atom stereocenters. The van der Waals surface area contributed by atoms with Crippen LogP contribution < -0.4 is 5.32 Å². The quantitative estimate of drug-likeness (QED) is 0.332. The third kappa shape index (κ3) is 2.77. The average molecular weight is 314 g/mol. The van der Waals surface area contributed by atoms with Gasteiger partial charge in [0.25, 0.3) is 5.91 Å². The van der Waals surface area contributed by atoms with E-state index >= 15 is 0 Å². The molecule has 0 spiro atoms. The second-order valence-electron chi connectivity index (χ2n) is 6.02. The number of esters is 1. The van der Waals surface area contributed by atoms with E-state index in [1.807, 2.05) is 0 Å². The Balaban J connectivity index is 2.29. The van der Waals surface area contributed by atoms with Gasteiger partial charge in [0.15, 0.2) is 6.04 Å². The number of nitrogens with one attached hydrogen (secondary N) is 1. The SMILES string of the molecule is CC1=C(C(=O)OC(C)(C)C)N2C(=O)C(NC=O)[C@H]2[S+]([O-])C1. The third-order valence-corrected chi connectivity index (χ3v) is 4.90. The van der Waals surface area contributed by atoms with E-state index < -0.39 is 40.1 Å². The molecular formula is C13H18N2O5S. The van der Waals surface area contributed by atoms with Crippen LogP contribution in [0, 0.1) is 0 Å². The van der Waals surface area contributed by atoms with E-state index in [0.717, 1.165) is 0 Å². The lowest BCUT2D eigenvalue weighted by molar-refractivity contribution is -0.158. The first-order valence-electron chi connectivity index (χ1n) is 6.50. The Morgan fingerprint density at radius 3 is 2.67 bits per heavy atom. The minimum Gasteiger partial charge on any atom is -0.614 e. The smallest absolute Gasteiger partial charge is 0.355 e. The first-order chi connectivity index (χ1) is 9.67. The summed E-state index contributed by atoms with van der Waals surface area (Å²) < 4.78 is 17.4. The molecule has 2 aliphatic heterocycles. The molecule has 0 aromatic heterocycles. The minimum absolute atomic E-state index is 0.142. The van der Waals surface area contributed by atoms with Crippen molar-refractivity contribution >= 4 is 29.5 Å². The van der Waals surface area contributed by atoms with Gasteiger partial charge in [0.2, 0.25) is 11.8 Å². The largest absolute Gasteiger partial charge is 0.614 e. The van der Waals surface area contributed by atoms with Gasteiger partial charge in [-0.2, -0.15) is 0 Å². The Hall–Kier alpha value is -1.54. The number of β-lactam (4-membered cyclic amide) rings is 1. The van der Waals surface area contributed by atoms with Gasteiger partial charge in [-0.25, -0.2) is 4.79 Å². The lowest BCUT2D eigenvalue weighted by atomic mass is 10.0. The summed E-state index contributed by atoms with van der Waals surface area (Å²) in [6, 6.07) is -0.839. The molecule has 116 valence electrons. The van der Waals surface area contributed by atoms with Gasteiger partial charge in [-0.15, -0.1) is 0 Å². The van der Waals surface area contributed by atoms with Crippen molar-refractivity contribution in [3.8, 4) is 0 Å². The van der Waals surface area contributed by atoms with Crippen LogP contribution in [0.25, 0.3) is 0 Å². The van der Waals surface area contributed by atoms with Crippen LogP contribution in [0.1, 0.15) is 27.7 Å². The van der Waals surface area contributed by atoms with Crippen LogP contribution in [0.5, 0.6) is 0 Å². The van der Waals surface area contributed by atoms with Crippen molar-refractivity contribution in [2.45, 2.75) is 44.7 Å². The molecule has 7 nitrogen and oxygen atoms in total. The topological polar surface area (TPSA) is 98.8 Å². The summed E-state index contributed by atoms with van der Waals surface area (Å²) in [6.07, 6.45) is 0.398. The molecule has 1 saturated heterocycles. The minimum atomic E-state index is -1.35. The summed E-state index contributed by atoms with van der Waals surface area (Å²) >= 11 is -1.35. The van der Waals surface area contributed by atoms with Crippen LogP contribution in [0.2, 0.25) is 0 Å². The predicted molar refractivity (Wildman–Crippen MR) is 75.2 cm³/mol. The van der Waals surface area contributed by atoms with Crippen molar-refractivity contribution in [2.75, 3.05) is 5.75 Å². The molecule has 2 rings (SSSR count). The highest BCUT2D eigenvalue weighted by Gasteiger charge is 2.60. The number of nitrogens with zero attached hydrogens (tertiary/aromatic N) is 1. The van der Waals surface area contributed by atoms with Gasteiger partial charge in [0, 0.05) is 5.57 Å². The lowest BCUT2D eigenvalue weighted by Gasteiger charge is -2.48. The average Bonchev–Trinajstić information content (AvgIpc) is 2.33. The van der Waals surface area contributed by atoms with Crippen molar-refractivity contribution in [3.63, 3.8) is 0 Å². The molecule has 2 unspecified atom stereocenters. The molecule has 2 amide bonds.